The van der Waals surface area contributed by atoms with Gasteiger partial charge in [-0.1, -0.05) is 65.1 Å². The summed E-state index contributed by atoms with van der Waals surface area (Å²) in [5.74, 6) is -1.95. The first-order valence-corrected chi connectivity index (χ1v) is 14.1. The average molecular weight is 629 g/mol. The number of rotatable bonds is 9. The molecule has 0 radical (unpaired) electrons. The minimum Gasteiger partial charge on any atom is -0.325 e. The van der Waals surface area contributed by atoms with E-state index < -0.39 is 17.6 Å². The second-order valence-electron chi connectivity index (χ2n) is 8.46. The van der Waals surface area contributed by atoms with Gasteiger partial charge in [0, 0.05) is 37.4 Å². The molecule has 0 aliphatic carbocycles. The highest BCUT2D eigenvalue weighted by atomic mass is 35.5. The fourth-order valence-electron chi connectivity index (χ4n) is 3.52. The van der Waals surface area contributed by atoms with Crippen molar-refractivity contribution in [2.75, 3.05) is 16.4 Å². The number of benzene rings is 4. The van der Waals surface area contributed by atoms with Crippen molar-refractivity contribution in [3.05, 3.63) is 129 Å². The smallest absolute Gasteiger partial charge is 0.272 e. The van der Waals surface area contributed by atoms with Gasteiger partial charge in [0.1, 0.15) is 11.5 Å². The molecule has 4 aromatic carbocycles. The number of thioether (sulfide) groups is 1. The Morgan fingerprint density at radius 1 is 0.756 bits per heavy atom. The van der Waals surface area contributed by atoms with Gasteiger partial charge < -0.3 is 16.0 Å². The van der Waals surface area contributed by atoms with E-state index in [-0.39, 0.29) is 22.4 Å². The van der Waals surface area contributed by atoms with Crippen LogP contribution >= 0.6 is 46.6 Å². The number of carbonyl (C=O) groups excluding carboxylic acids is 3. The normalized spacial score (nSPS) is 11.1. The second-order valence-corrected chi connectivity index (χ2v) is 10.7. The van der Waals surface area contributed by atoms with E-state index >= 15 is 0 Å². The van der Waals surface area contributed by atoms with Crippen LogP contribution in [0.25, 0.3) is 6.08 Å². The van der Waals surface area contributed by atoms with E-state index in [1.165, 1.54) is 36.0 Å². The third-order valence-electron chi connectivity index (χ3n) is 5.48. The van der Waals surface area contributed by atoms with Crippen LogP contribution in [0.5, 0.6) is 0 Å². The molecule has 0 aromatic heterocycles. The fraction of sp³-hybridized carbons (Fsp3) is 0.0333. The van der Waals surface area contributed by atoms with Crippen LogP contribution < -0.4 is 16.0 Å². The molecule has 4 rings (SSSR count). The standard InChI is InChI=1S/C30H21Cl3FN3O3S/c31-23-10-5-11-24(32)22(23)16-27(37-29(39)18-6-2-1-3-7-18)30(40)36-19-8-4-9-21(14-19)41-17-28(38)35-20-12-13-26(34)25(33)15-20/h1-16H,17H2,(H,35,38)(H,36,40)(H,37,39)/b27-16+. The number of hydrogen-bond acceptors (Lipinski definition) is 4. The summed E-state index contributed by atoms with van der Waals surface area (Å²) >= 11 is 19.6. The Hall–Kier alpha value is -3.82. The van der Waals surface area contributed by atoms with Crippen LogP contribution in [-0.2, 0) is 9.59 Å². The number of nitrogens with one attached hydrogen (secondary N) is 3. The van der Waals surface area contributed by atoms with E-state index in [9.17, 15) is 18.8 Å². The molecule has 0 saturated carbocycles. The van der Waals surface area contributed by atoms with Gasteiger partial charge in [-0.15, -0.1) is 11.8 Å². The van der Waals surface area contributed by atoms with Crippen LogP contribution in [0.1, 0.15) is 15.9 Å². The number of anilines is 2. The highest BCUT2D eigenvalue weighted by molar-refractivity contribution is 8.00. The first-order chi connectivity index (χ1) is 19.7. The molecule has 0 spiro atoms. The molecule has 0 bridgehead atoms. The van der Waals surface area contributed by atoms with Crippen LogP contribution in [0.15, 0.2) is 102 Å². The Labute approximate surface area is 254 Å². The molecular weight excluding hydrogens is 608 g/mol. The molecule has 0 aliphatic heterocycles. The van der Waals surface area contributed by atoms with Crippen molar-refractivity contribution in [3.8, 4) is 0 Å². The molecule has 41 heavy (non-hydrogen) atoms. The molecule has 0 atom stereocenters. The lowest BCUT2D eigenvalue weighted by molar-refractivity contribution is -0.114. The Morgan fingerprint density at radius 3 is 2.15 bits per heavy atom. The molecule has 3 N–H and O–H groups in total. The van der Waals surface area contributed by atoms with E-state index in [0.717, 1.165) is 0 Å². The van der Waals surface area contributed by atoms with Crippen molar-refractivity contribution in [3.63, 3.8) is 0 Å². The third-order valence-corrected chi connectivity index (χ3v) is 7.42. The summed E-state index contributed by atoms with van der Waals surface area (Å²) in [4.78, 5) is 39.3. The highest BCUT2D eigenvalue weighted by Crippen LogP contribution is 2.27. The number of hydrogen-bond donors (Lipinski definition) is 3. The molecule has 0 saturated heterocycles. The molecule has 6 nitrogen and oxygen atoms in total. The lowest BCUT2D eigenvalue weighted by Crippen LogP contribution is -2.30. The van der Waals surface area contributed by atoms with Gasteiger partial charge >= 0.3 is 0 Å². The van der Waals surface area contributed by atoms with Gasteiger partial charge in [-0.25, -0.2) is 4.39 Å². The second kappa shape index (κ2) is 14.2. The molecule has 0 heterocycles. The summed E-state index contributed by atoms with van der Waals surface area (Å²) in [7, 11) is 0. The van der Waals surface area contributed by atoms with Gasteiger partial charge in [0.25, 0.3) is 11.8 Å². The van der Waals surface area contributed by atoms with E-state index in [4.69, 9.17) is 34.8 Å². The first-order valence-electron chi connectivity index (χ1n) is 12.0. The fourth-order valence-corrected chi connectivity index (χ4v) is 4.96. The van der Waals surface area contributed by atoms with Crippen LogP contribution in [0.2, 0.25) is 15.1 Å². The van der Waals surface area contributed by atoms with Gasteiger partial charge in [0.15, 0.2) is 0 Å². The molecular formula is C30H21Cl3FN3O3S. The zero-order chi connectivity index (χ0) is 29.4. The summed E-state index contributed by atoms with van der Waals surface area (Å²) in [6.07, 6.45) is 1.41. The molecule has 3 amide bonds. The van der Waals surface area contributed by atoms with Crippen molar-refractivity contribution in [1.29, 1.82) is 0 Å². The lowest BCUT2D eigenvalue weighted by Gasteiger charge is -2.13. The number of halogens is 4. The maximum atomic E-state index is 13.4. The van der Waals surface area contributed by atoms with Crippen molar-refractivity contribution in [1.82, 2.24) is 5.32 Å². The molecule has 0 unspecified atom stereocenters. The molecule has 0 aliphatic rings. The maximum absolute atomic E-state index is 13.4. The van der Waals surface area contributed by atoms with Gasteiger partial charge in [-0.2, -0.15) is 0 Å². The first kappa shape index (κ1) is 30.1. The Bertz CT molecular complexity index is 1610. The predicted molar refractivity (Wildman–Crippen MR) is 164 cm³/mol. The quantitative estimate of drug-likeness (QED) is 0.130. The van der Waals surface area contributed by atoms with Crippen LogP contribution in [-0.4, -0.2) is 23.5 Å². The highest BCUT2D eigenvalue weighted by Gasteiger charge is 2.17. The van der Waals surface area contributed by atoms with E-state index in [1.807, 2.05) is 0 Å². The molecule has 0 fully saturated rings. The minimum absolute atomic E-state index is 0.0513. The van der Waals surface area contributed by atoms with Gasteiger partial charge in [-0.05, 0) is 66.7 Å². The molecule has 11 heteroatoms. The zero-order valence-electron chi connectivity index (χ0n) is 21.1. The Morgan fingerprint density at radius 2 is 1.44 bits per heavy atom. The summed E-state index contributed by atoms with van der Waals surface area (Å²) in [5.41, 5.74) is 1.45. The van der Waals surface area contributed by atoms with Crippen molar-refractivity contribution < 1.29 is 18.8 Å². The van der Waals surface area contributed by atoms with Crippen LogP contribution in [0, 0.1) is 5.82 Å². The van der Waals surface area contributed by atoms with E-state index in [1.54, 1.807) is 72.8 Å². The zero-order valence-corrected chi connectivity index (χ0v) is 24.2. The Balaban J connectivity index is 1.48. The number of amides is 3. The van der Waals surface area contributed by atoms with Crippen molar-refractivity contribution in [2.24, 2.45) is 0 Å². The lowest BCUT2D eigenvalue weighted by atomic mass is 10.1. The SMILES string of the molecule is O=C(CSc1cccc(NC(=O)/C(=C\c2c(Cl)cccc2Cl)NC(=O)c2ccccc2)c1)Nc1ccc(F)c(Cl)c1. The average Bonchev–Trinajstić information content (AvgIpc) is 2.96. The minimum atomic E-state index is -0.613. The van der Waals surface area contributed by atoms with Crippen molar-refractivity contribution in [2.45, 2.75) is 4.90 Å². The third kappa shape index (κ3) is 8.58. The number of carbonyl (C=O) groups is 3. The van der Waals surface area contributed by atoms with Gasteiger partial charge in [-0.3, -0.25) is 14.4 Å². The van der Waals surface area contributed by atoms with E-state index in [2.05, 4.69) is 16.0 Å². The van der Waals surface area contributed by atoms with Gasteiger partial charge in [0.2, 0.25) is 5.91 Å². The van der Waals surface area contributed by atoms with Gasteiger partial charge in [0.05, 0.1) is 10.8 Å². The van der Waals surface area contributed by atoms with Crippen LogP contribution in [0.3, 0.4) is 0 Å². The topological polar surface area (TPSA) is 87.3 Å². The molecule has 208 valence electrons. The summed E-state index contributed by atoms with van der Waals surface area (Å²) in [6.45, 7) is 0. The van der Waals surface area contributed by atoms with E-state index in [0.29, 0.717) is 37.4 Å². The maximum Gasteiger partial charge on any atom is 0.272 e. The summed E-state index contributed by atoms with van der Waals surface area (Å²) in [5, 5.41) is 8.58. The molecule has 4 aromatic rings. The van der Waals surface area contributed by atoms with Crippen molar-refractivity contribution >= 4 is 81.7 Å². The van der Waals surface area contributed by atoms with Crippen LogP contribution in [0.4, 0.5) is 15.8 Å². The monoisotopic (exact) mass is 627 g/mol. The summed E-state index contributed by atoms with van der Waals surface area (Å²) in [6, 6.07) is 24.1. The summed E-state index contributed by atoms with van der Waals surface area (Å²) < 4.78 is 13.4. The predicted octanol–water partition coefficient (Wildman–Crippen LogP) is 7.93. The largest absolute Gasteiger partial charge is 0.325 e. The Kier molecular flexibility index (Phi) is 10.4.